The monoisotopic (exact) mass is 501 g/mol. The number of anilines is 1. The number of benzene rings is 1. The van der Waals surface area contributed by atoms with Gasteiger partial charge in [0, 0.05) is 31.3 Å². The zero-order valence-corrected chi connectivity index (χ0v) is 20.4. The van der Waals surface area contributed by atoms with Crippen molar-refractivity contribution in [3.63, 3.8) is 0 Å². The average molecular weight is 502 g/mol. The number of aromatic hydroxyl groups is 1. The minimum Gasteiger partial charge on any atom is -0.509 e. The number of nitrogens with two attached hydrogens (primary N) is 3. The molecule has 1 fully saturated rings. The second kappa shape index (κ2) is 8.03. The topological polar surface area (TPSA) is 217 Å². The van der Waals surface area contributed by atoms with Crippen molar-refractivity contribution in [3.8, 4) is 5.75 Å². The molecule has 1 aromatic carbocycles. The van der Waals surface area contributed by atoms with Gasteiger partial charge in [0.05, 0.1) is 11.7 Å². The van der Waals surface area contributed by atoms with Crippen molar-refractivity contribution in [1.29, 1.82) is 0 Å². The van der Waals surface area contributed by atoms with E-state index in [2.05, 4.69) is 0 Å². The van der Waals surface area contributed by atoms with Crippen LogP contribution in [0.3, 0.4) is 0 Å². The summed E-state index contributed by atoms with van der Waals surface area (Å²) in [4.78, 5) is 42.8. The number of nitrogens with zero attached hydrogens (tertiary/aromatic N) is 2. The van der Waals surface area contributed by atoms with E-state index in [9.17, 15) is 34.8 Å². The highest BCUT2D eigenvalue weighted by Crippen LogP contribution is 2.56. The van der Waals surface area contributed by atoms with Gasteiger partial charge in [-0.1, -0.05) is 0 Å². The standard InChI is InChI=1S/C24H31N5O7/c1-28(2)11-5-6-12(30)15-10(11)7-9-8-13-23(22(26)27,29(3)4)18(32)16(21(25)35)20(34)24(13,36)19(33)14(9)17(15)31/h5-6,9,13,22,30-32,36H,7-8,26-27H2,1-4H3,(H2,25,35)/t9-,13-,23+,24-/m0/s1. The van der Waals surface area contributed by atoms with Crippen LogP contribution in [0.25, 0.3) is 5.76 Å². The third-order valence-corrected chi connectivity index (χ3v) is 7.93. The molecule has 0 unspecified atom stereocenters. The number of aliphatic hydroxyl groups is 3. The number of aliphatic hydroxyl groups excluding tert-OH is 2. The Labute approximate surface area is 207 Å². The van der Waals surface area contributed by atoms with Crippen LogP contribution in [-0.2, 0) is 20.8 Å². The second-order valence-electron chi connectivity index (χ2n) is 10.1. The van der Waals surface area contributed by atoms with E-state index >= 15 is 0 Å². The molecule has 1 aromatic rings. The lowest BCUT2D eigenvalue weighted by atomic mass is 9.52. The summed E-state index contributed by atoms with van der Waals surface area (Å²) < 4.78 is 0. The lowest BCUT2D eigenvalue weighted by Crippen LogP contribution is -2.78. The minimum absolute atomic E-state index is 0.0222. The molecule has 12 heteroatoms. The molecule has 10 N–H and O–H groups in total. The Bertz CT molecular complexity index is 1260. The van der Waals surface area contributed by atoms with E-state index in [0.29, 0.717) is 11.3 Å². The Kier molecular flexibility index (Phi) is 5.72. The first-order chi connectivity index (χ1) is 16.6. The fourth-order valence-electron chi connectivity index (χ4n) is 6.37. The molecule has 0 radical (unpaired) electrons. The van der Waals surface area contributed by atoms with Crippen molar-refractivity contribution in [2.75, 3.05) is 33.1 Å². The van der Waals surface area contributed by atoms with Crippen molar-refractivity contribution in [2.24, 2.45) is 29.0 Å². The highest BCUT2D eigenvalue weighted by Gasteiger charge is 2.71. The number of amides is 1. The van der Waals surface area contributed by atoms with Gasteiger partial charge in [-0.3, -0.25) is 19.3 Å². The zero-order chi connectivity index (χ0) is 27.1. The van der Waals surface area contributed by atoms with Crippen LogP contribution in [-0.4, -0.2) is 88.3 Å². The molecule has 12 nitrogen and oxygen atoms in total. The van der Waals surface area contributed by atoms with E-state index in [4.69, 9.17) is 17.2 Å². The summed E-state index contributed by atoms with van der Waals surface area (Å²) in [6, 6.07) is 3.05. The van der Waals surface area contributed by atoms with Gasteiger partial charge >= 0.3 is 0 Å². The van der Waals surface area contributed by atoms with Crippen LogP contribution in [0.2, 0.25) is 0 Å². The Balaban J connectivity index is 2.06. The fraction of sp³-hybridized carbons (Fsp3) is 0.458. The normalized spacial score (nSPS) is 29.9. The molecular weight excluding hydrogens is 470 g/mol. The summed E-state index contributed by atoms with van der Waals surface area (Å²) in [5.74, 6) is -7.72. The number of hydrogen-bond acceptors (Lipinski definition) is 11. The van der Waals surface area contributed by atoms with E-state index in [1.165, 1.54) is 25.1 Å². The summed E-state index contributed by atoms with van der Waals surface area (Å²) in [5.41, 5.74) is 12.8. The van der Waals surface area contributed by atoms with Gasteiger partial charge in [-0.25, -0.2) is 0 Å². The molecular formula is C24H31N5O7. The van der Waals surface area contributed by atoms with Crippen LogP contribution in [0, 0.1) is 11.8 Å². The van der Waals surface area contributed by atoms with E-state index in [0.717, 1.165) is 0 Å². The number of phenolic OH excluding ortho intramolecular Hbond substituents is 1. The van der Waals surface area contributed by atoms with Gasteiger partial charge in [0.15, 0.2) is 5.60 Å². The summed E-state index contributed by atoms with van der Waals surface area (Å²) in [6.45, 7) is 0. The zero-order valence-electron chi connectivity index (χ0n) is 20.4. The third-order valence-electron chi connectivity index (χ3n) is 7.93. The maximum absolute atomic E-state index is 13.9. The smallest absolute Gasteiger partial charge is 0.255 e. The summed E-state index contributed by atoms with van der Waals surface area (Å²) in [7, 11) is 6.52. The molecule has 194 valence electrons. The van der Waals surface area contributed by atoms with Gasteiger partial charge in [0.2, 0.25) is 11.6 Å². The highest BCUT2D eigenvalue weighted by molar-refractivity contribution is 6.33. The molecule has 0 saturated heterocycles. The number of fused-ring (bicyclic) bond motifs is 3. The maximum atomic E-state index is 13.9. The van der Waals surface area contributed by atoms with Gasteiger partial charge in [-0.15, -0.1) is 0 Å². The van der Waals surface area contributed by atoms with Crippen LogP contribution in [0.4, 0.5) is 5.69 Å². The van der Waals surface area contributed by atoms with Crippen LogP contribution < -0.4 is 22.1 Å². The van der Waals surface area contributed by atoms with Crippen LogP contribution in [0.15, 0.2) is 29.0 Å². The van der Waals surface area contributed by atoms with Gasteiger partial charge in [0.1, 0.15) is 28.4 Å². The minimum atomic E-state index is -2.91. The van der Waals surface area contributed by atoms with E-state index in [1.807, 2.05) is 0 Å². The molecule has 0 bridgehead atoms. The lowest BCUT2D eigenvalue weighted by molar-refractivity contribution is -0.170. The molecule has 3 aliphatic carbocycles. The summed E-state index contributed by atoms with van der Waals surface area (Å²) in [6.07, 6.45) is -1.41. The number of ketones is 2. The molecule has 3 aliphatic rings. The molecule has 1 amide bonds. The largest absolute Gasteiger partial charge is 0.509 e. The van der Waals surface area contributed by atoms with E-state index in [-0.39, 0.29) is 29.7 Å². The number of phenols is 1. The molecule has 36 heavy (non-hydrogen) atoms. The van der Waals surface area contributed by atoms with Gasteiger partial charge in [0.25, 0.3) is 5.91 Å². The van der Waals surface area contributed by atoms with Crippen molar-refractivity contribution < 1.29 is 34.8 Å². The number of likely N-dealkylation sites (N-methyl/N-ethyl adjacent to an activating group) is 1. The first kappa shape index (κ1) is 25.6. The lowest BCUT2D eigenvalue weighted by Gasteiger charge is -2.57. The number of hydrogen-bond donors (Lipinski definition) is 7. The van der Waals surface area contributed by atoms with Crippen molar-refractivity contribution in [3.05, 3.63) is 40.2 Å². The molecule has 4 rings (SSSR count). The van der Waals surface area contributed by atoms with Gasteiger partial charge in [-0.05, 0) is 50.6 Å². The molecule has 0 aromatic heterocycles. The Hall–Kier alpha value is -3.45. The number of carbonyl (C=O) groups excluding carboxylic acids is 3. The highest BCUT2D eigenvalue weighted by atomic mass is 16.3. The number of carbonyl (C=O) groups is 3. The first-order valence-corrected chi connectivity index (χ1v) is 11.3. The predicted octanol–water partition coefficient (Wildman–Crippen LogP) is -1.36. The number of Topliss-reactive ketones (excluding diaryl/α,β-unsaturated/α-hetero) is 2. The quantitative estimate of drug-likeness (QED) is 0.145. The van der Waals surface area contributed by atoms with Crippen molar-refractivity contribution >= 4 is 28.9 Å². The Morgan fingerprint density at radius 3 is 2.19 bits per heavy atom. The SMILES string of the molecule is CN(C)c1ccc(O)c2c1C[C@H]1C[C@@H]3[C@@](O)(C(=O)C(C(N)=O)=C(O)[C@]3(C(N)N)N(C)C)C(=O)C1=C2O. The fourth-order valence-corrected chi connectivity index (χ4v) is 6.37. The number of primary amides is 1. The maximum Gasteiger partial charge on any atom is 0.255 e. The molecule has 1 saturated carbocycles. The van der Waals surface area contributed by atoms with Gasteiger partial charge < -0.3 is 42.5 Å². The summed E-state index contributed by atoms with van der Waals surface area (Å²) in [5, 5.41) is 44.8. The van der Waals surface area contributed by atoms with Crippen molar-refractivity contribution in [2.45, 2.75) is 30.1 Å². The molecule has 0 aliphatic heterocycles. The molecule has 4 atom stereocenters. The van der Waals surface area contributed by atoms with Crippen LogP contribution >= 0.6 is 0 Å². The predicted molar refractivity (Wildman–Crippen MR) is 130 cm³/mol. The molecule has 0 spiro atoms. The first-order valence-electron chi connectivity index (χ1n) is 11.3. The second-order valence-corrected chi connectivity index (χ2v) is 10.1. The van der Waals surface area contributed by atoms with E-state index in [1.54, 1.807) is 25.1 Å². The number of rotatable bonds is 4. The van der Waals surface area contributed by atoms with Crippen LogP contribution in [0.5, 0.6) is 5.75 Å². The molecule has 0 heterocycles. The van der Waals surface area contributed by atoms with Crippen LogP contribution in [0.1, 0.15) is 17.5 Å². The third kappa shape index (κ3) is 2.92. The average Bonchev–Trinajstić information content (AvgIpc) is 2.75. The van der Waals surface area contributed by atoms with Gasteiger partial charge in [-0.2, -0.15) is 0 Å². The Morgan fingerprint density at radius 1 is 1.08 bits per heavy atom. The van der Waals surface area contributed by atoms with E-state index < -0.39 is 63.7 Å². The Morgan fingerprint density at radius 2 is 1.69 bits per heavy atom. The summed E-state index contributed by atoms with van der Waals surface area (Å²) >= 11 is 0. The van der Waals surface area contributed by atoms with Crippen molar-refractivity contribution in [1.82, 2.24) is 4.90 Å².